The summed E-state index contributed by atoms with van der Waals surface area (Å²) in [4.78, 5) is 12.7. The Morgan fingerprint density at radius 1 is 1.00 bits per heavy atom. The molecule has 2 saturated carbocycles. The van der Waals surface area contributed by atoms with E-state index in [4.69, 9.17) is 0 Å². The van der Waals surface area contributed by atoms with Gasteiger partial charge in [0, 0.05) is 18.3 Å². The molecule has 0 amide bonds. The van der Waals surface area contributed by atoms with Gasteiger partial charge in [-0.15, -0.1) is 0 Å². The van der Waals surface area contributed by atoms with Crippen LogP contribution in [0.4, 0.5) is 0 Å². The Labute approximate surface area is 161 Å². The lowest BCUT2D eigenvalue weighted by atomic mass is 9.62. The van der Waals surface area contributed by atoms with Crippen LogP contribution in [0.25, 0.3) is 10.8 Å². The average Bonchev–Trinajstić information content (AvgIpc) is 3.28. The van der Waals surface area contributed by atoms with Gasteiger partial charge in [-0.05, 0) is 77.5 Å². The lowest BCUT2D eigenvalue weighted by Gasteiger charge is -2.41. The predicted octanol–water partition coefficient (Wildman–Crippen LogP) is 6.38. The van der Waals surface area contributed by atoms with E-state index in [0.717, 1.165) is 18.8 Å². The molecule has 4 aliphatic carbocycles. The maximum Gasteiger partial charge on any atom is 0.138 e. The van der Waals surface area contributed by atoms with Crippen LogP contribution in [0.15, 0.2) is 42.0 Å². The molecule has 4 aliphatic rings. The van der Waals surface area contributed by atoms with E-state index in [-0.39, 0.29) is 5.41 Å². The van der Waals surface area contributed by atoms with E-state index in [9.17, 15) is 4.79 Å². The standard InChI is InChI=1S/C26H28O/c27-22-13-20-12-19-7-4-8-23(18-5-2-1-3-6-18)24(19)14-25(20)26(16-22)15-17-9-10-21(26)11-17/h4,7-9,12,14,18,21H,1-3,5-6,10-11,13,15-16H2. The minimum Gasteiger partial charge on any atom is -0.299 e. The first kappa shape index (κ1) is 16.1. The molecule has 0 aromatic heterocycles. The van der Waals surface area contributed by atoms with Crippen LogP contribution < -0.4 is 0 Å². The van der Waals surface area contributed by atoms with Gasteiger partial charge in [-0.3, -0.25) is 4.79 Å². The summed E-state index contributed by atoms with van der Waals surface area (Å²) in [5.74, 6) is 1.85. The highest BCUT2D eigenvalue weighted by Crippen LogP contribution is 2.58. The molecule has 0 heterocycles. The van der Waals surface area contributed by atoms with Gasteiger partial charge >= 0.3 is 0 Å². The lowest BCUT2D eigenvalue weighted by Crippen LogP contribution is -2.39. The Hall–Kier alpha value is -1.89. The van der Waals surface area contributed by atoms with Crippen molar-refractivity contribution in [3.05, 3.63) is 58.7 Å². The third kappa shape index (κ3) is 2.33. The molecule has 1 nitrogen and oxygen atoms in total. The molecule has 2 aromatic carbocycles. The van der Waals surface area contributed by atoms with Gasteiger partial charge in [0.25, 0.3) is 0 Å². The van der Waals surface area contributed by atoms with E-state index < -0.39 is 0 Å². The van der Waals surface area contributed by atoms with E-state index >= 15 is 0 Å². The predicted molar refractivity (Wildman–Crippen MR) is 110 cm³/mol. The SMILES string of the molecule is O=C1Cc2cc3cccc(C4CCCCC4)c3cc2C2(C1)CC1=CCC2C1. The number of allylic oxidation sites excluding steroid dienone is 2. The van der Waals surface area contributed by atoms with Gasteiger partial charge in [-0.1, -0.05) is 55.2 Å². The van der Waals surface area contributed by atoms with Crippen molar-refractivity contribution < 1.29 is 4.79 Å². The fourth-order valence-corrected chi connectivity index (χ4v) is 6.93. The highest BCUT2D eigenvalue weighted by molar-refractivity contribution is 5.92. The second-order valence-corrected chi connectivity index (χ2v) is 9.64. The second kappa shape index (κ2) is 5.80. The molecule has 138 valence electrons. The molecule has 0 N–H and O–H groups in total. The summed E-state index contributed by atoms with van der Waals surface area (Å²) in [6.07, 6.45) is 14.3. The molecule has 2 atom stereocenters. The number of fused-ring (bicyclic) bond motifs is 6. The highest BCUT2D eigenvalue weighted by Gasteiger charge is 2.51. The largest absolute Gasteiger partial charge is 0.299 e. The van der Waals surface area contributed by atoms with Crippen molar-refractivity contribution in [3.63, 3.8) is 0 Å². The van der Waals surface area contributed by atoms with Crippen LogP contribution in [0.2, 0.25) is 0 Å². The molecule has 0 saturated heterocycles. The number of Topliss-reactive ketones (excluding diaryl/α,β-unsaturated/α-hetero) is 1. The smallest absolute Gasteiger partial charge is 0.138 e. The number of carbonyl (C=O) groups excluding carboxylic acids is 1. The van der Waals surface area contributed by atoms with Crippen LogP contribution in [0.1, 0.15) is 80.4 Å². The summed E-state index contributed by atoms with van der Waals surface area (Å²) >= 11 is 0. The number of carbonyl (C=O) groups is 1. The van der Waals surface area contributed by atoms with Gasteiger partial charge in [0.2, 0.25) is 0 Å². The Kier molecular flexibility index (Phi) is 3.46. The number of hydrogen-bond acceptors (Lipinski definition) is 1. The highest BCUT2D eigenvalue weighted by atomic mass is 16.1. The van der Waals surface area contributed by atoms with E-state index in [0.29, 0.717) is 18.1 Å². The van der Waals surface area contributed by atoms with E-state index in [1.54, 1.807) is 11.1 Å². The normalized spacial score (nSPS) is 30.1. The van der Waals surface area contributed by atoms with Crippen molar-refractivity contribution in [3.8, 4) is 0 Å². The van der Waals surface area contributed by atoms with Crippen LogP contribution in [0.5, 0.6) is 0 Å². The molecular formula is C26H28O. The van der Waals surface area contributed by atoms with Gasteiger partial charge in [-0.25, -0.2) is 0 Å². The molecule has 6 rings (SSSR count). The molecule has 2 unspecified atom stereocenters. The number of hydrogen-bond donors (Lipinski definition) is 0. The zero-order valence-corrected chi connectivity index (χ0v) is 16.1. The monoisotopic (exact) mass is 356 g/mol. The molecule has 2 fully saturated rings. The van der Waals surface area contributed by atoms with Crippen molar-refractivity contribution in [2.24, 2.45) is 5.92 Å². The second-order valence-electron chi connectivity index (χ2n) is 9.64. The molecular weight excluding hydrogens is 328 g/mol. The van der Waals surface area contributed by atoms with Gasteiger partial charge in [0.15, 0.2) is 0 Å². The average molecular weight is 357 g/mol. The van der Waals surface area contributed by atoms with Crippen molar-refractivity contribution in [2.45, 2.75) is 75.5 Å². The molecule has 2 aromatic rings. The number of benzene rings is 2. The van der Waals surface area contributed by atoms with Gasteiger partial charge in [0.1, 0.15) is 5.78 Å². The Balaban J connectivity index is 1.55. The maximum absolute atomic E-state index is 12.7. The van der Waals surface area contributed by atoms with E-state index in [1.807, 2.05) is 0 Å². The van der Waals surface area contributed by atoms with Crippen molar-refractivity contribution in [2.75, 3.05) is 0 Å². The third-order valence-electron chi connectivity index (χ3n) is 8.14. The minimum absolute atomic E-state index is 0.114. The molecule has 1 spiro atoms. The summed E-state index contributed by atoms with van der Waals surface area (Å²) < 4.78 is 0. The fourth-order valence-electron chi connectivity index (χ4n) is 6.93. The van der Waals surface area contributed by atoms with Crippen LogP contribution in [0, 0.1) is 5.92 Å². The van der Waals surface area contributed by atoms with Crippen LogP contribution in [-0.4, -0.2) is 5.78 Å². The summed E-state index contributed by atoms with van der Waals surface area (Å²) in [6.45, 7) is 0. The minimum atomic E-state index is 0.114. The first-order valence-electron chi connectivity index (χ1n) is 11.0. The Bertz CT molecular complexity index is 975. The first-order chi connectivity index (χ1) is 13.2. The van der Waals surface area contributed by atoms with Crippen LogP contribution >= 0.6 is 0 Å². The van der Waals surface area contributed by atoms with Gasteiger partial charge < -0.3 is 0 Å². The zero-order chi connectivity index (χ0) is 18.0. The van der Waals surface area contributed by atoms with Crippen molar-refractivity contribution >= 4 is 16.6 Å². The number of ketones is 1. The lowest BCUT2D eigenvalue weighted by molar-refractivity contribution is -0.120. The molecule has 27 heavy (non-hydrogen) atoms. The fraction of sp³-hybridized carbons (Fsp3) is 0.500. The maximum atomic E-state index is 12.7. The summed E-state index contributed by atoms with van der Waals surface area (Å²) in [5.41, 5.74) is 6.16. The zero-order valence-electron chi connectivity index (χ0n) is 16.1. The Morgan fingerprint density at radius 3 is 2.67 bits per heavy atom. The third-order valence-corrected chi connectivity index (χ3v) is 8.14. The molecule has 2 bridgehead atoms. The summed E-state index contributed by atoms with van der Waals surface area (Å²) in [7, 11) is 0. The molecule has 0 aliphatic heterocycles. The van der Waals surface area contributed by atoms with Crippen LogP contribution in [0.3, 0.4) is 0 Å². The van der Waals surface area contributed by atoms with Crippen molar-refractivity contribution in [1.82, 2.24) is 0 Å². The van der Waals surface area contributed by atoms with Gasteiger partial charge in [-0.2, -0.15) is 0 Å². The Morgan fingerprint density at radius 2 is 1.89 bits per heavy atom. The topological polar surface area (TPSA) is 17.1 Å². The molecule has 0 radical (unpaired) electrons. The summed E-state index contributed by atoms with van der Waals surface area (Å²) in [5, 5.41) is 2.83. The first-order valence-corrected chi connectivity index (χ1v) is 11.0. The van der Waals surface area contributed by atoms with E-state index in [2.05, 4.69) is 36.4 Å². The van der Waals surface area contributed by atoms with Crippen molar-refractivity contribution in [1.29, 1.82) is 0 Å². The molecule has 1 heteroatoms. The summed E-state index contributed by atoms with van der Waals surface area (Å²) in [6, 6.07) is 11.8. The van der Waals surface area contributed by atoms with Gasteiger partial charge in [0.05, 0.1) is 0 Å². The van der Waals surface area contributed by atoms with Crippen LogP contribution in [-0.2, 0) is 16.6 Å². The van der Waals surface area contributed by atoms with E-state index in [1.165, 1.54) is 66.8 Å². The number of rotatable bonds is 1. The quantitative estimate of drug-likeness (QED) is 0.542.